The van der Waals surface area contributed by atoms with Crippen LogP contribution >= 0.6 is 0 Å². The van der Waals surface area contributed by atoms with Crippen LogP contribution in [0.2, 0.25) is 0 Å². The summed E-state index contributed by atoms with van der Waals surface area (Å²) in [6.45, 7) is 5.89. The monoisotopic (exact) mass is 298 g/mol. The zero-order chi connectivity index (χ0) is 14.9. The zero-order valence-electron chi connectivity index (χ0n) is 13.0. The maximum atomic E-state index is 5.75. The maximum absolute atomic E-state index is 5.75. The highest BCUT2D eigenvalue weighted by atomic mass is 16.5. The quantitative estimate of drug-likeness (QED) is 0.941. The van der Waals surface area contributed by atoms with Gasteiger partial charge in [-0.2, -0.15) is 0 Å². The first-order chi connectivity index (χ1) is 10.8. The molecule has 2 atom stereocenters. The van der Waals surface area contributed by atoms with E-state index in [0.717, 1.165) is 35.8 Å². The Bertz CT molecular complexity index is 669. The molecular weight excluding hydrogens is 276 g/mol. The standard InChI is InChI=1S/C17H22N4O/c1-12-18-14-7-3-2-6-13(14)17(19-12)20-15-10-22-11-16(15)21-8-4-5-9-21/h2-3,6-7,15-16H,4-5,8-11H2,1H3,(H,18,19,20). The highest BCUT2D eigenvalue weighted by Crippen LogP contribution is 2.25. The number of benzene rings is 1. The molecule has 0 aliphatic carbocycles. The van der Waals surface area contributed by atoms with Crippen LogP contribution in [0.4, 0.5) is 5.82 Å². The summed E-state index contributed by atoms with van der Waals surface area (Å²) < 4.78 is 5.75. The first kappa shape index (κ1) is 13.9. The predicted molar refractivity (Wildman–Crippen MR) is 87.1 cm³/mol. The molecular formula is C17H22N4O. The summed E-state index contributed by atoms with van der Waals surface area (Å²) >= 11 is 0. The van der Waals surface area contributed by atoms with Gasteiger partial charge in [0, 0.05) is 5.39 Å². The third-order valence-electron chi connectivity index (χ3n) is 4.70. The first-order valence-electron chi connectivity index (χ1n) is 8.13. The summed E-state index contributed by atoms with van der Waals surface area (Å²) in [5.41, 5.74) is 0.995. The van der Waals surface area contributed by atoms with E-state index in [2.05, 4.69) is 26.3 Å². The van der Waals surface area contributed by atoms with Gasteiger partial charge >= 0.3 is 0 Å². The van der Waals surface area contributed by atoms with E-state index in [-0.39, 0.29) is 0 Å². The molecule has 2 saturated heterocycles. The summed E-state index contributed by atoms with van der Waals surface area (Å²) in [7, 11) is 0. The van der Waals surface area contributed by atoms with Crippen LogP contribution in [0, 0.1) is 6.92 Å². The summed E-state index contributed by atoms with van der Waals surface area (Å²) in [5, 5.41) is 4.72. The zero-order valence-corrected chi connectivity index (χ0v) is 13.0. The van der Waals surface area contributed by atoms with E-state index in [1.165, 1.54) is 25.9 Å². The second-order valence-electron chi connectivity index (χ2n) is 6.24. The Hall–Kier alpha value is -1.72. The van der Waals surface area contributed by atoms with Gasteiger partial charge in [-0.25, -0.2) is 9.97 Å². The summed E-state index contributed by atoms with van der Waals surface area (Å²) in [6, 6.07) is 8.93. The van der Waals surface area contributed by atoms with Crippen molar-refractivity contribution in [2.45, 2.75) is 31.8 Å². The molecule has 3 heterocycles. The molecule has 4 rings (SSSR count). The van der Waals surface area contributed by atoms with Crippen LogP contribution in [-0.4, -0.2) is 53.3 Å². The number of rotatable bonds is 3. The molecule has 2 unspecified atom stereocenters. The van der Waals surface area contributed by atoms with Gasteiger partial charge in [0.15, 0.2) is 0 Å². The van der Waals surface area contributed by atoms with Crippen molar-refractivity contribution in [1.29, 1.82) is 0 Å². The van der Waals surface area contributed by atoms with Crippen LogP contribution in [0.15, 0.2) is 24.3 Å². The Morgan fingerprint density at radius 3 is 2.82 bits per heavy atom. The molecule has 5 heteroatoms. The molecule has 1 aromatic heterocycles. The van der Waals surface area contributed by atoms with Gasteiger partial charge in [0.2, 0.25) is 0 Å². The lowest BCUT2D eigenvalue weighted by Gasteiger charge is -2.28. The molecule has 5 nitrogen and oxygen atoms in total. The van der Waals surface area contributed by atoms with Gasteiger partial charge in [0.1, 0.15) is 11.6 Å². The lowest BCUT2D eigenvalue weighted by atomic mass is 10.1. The van der Waals surface area contributed by atoms with E-state index in [4.69, 9.17) is 4.74 Å². The lowest BCUT2D eigenvalue weighted by Crippen LogP contribution is -2.45. The van der Waals surface area contributed by atoms with Crippen molar-refractivity contribution in [2.24, 2.45) is 0 Å². The molecule has 2 aliphatic rings. The van der Waals surface area contributed by atoms with Gasteiger partial charge in [-0.05, 0) is 45.0 Å². The second-order valence-corrected chi connectivity index (χ2v) is 6.24. The van der Waals surface area contributed by atoms with Crippen molar-refractivity contribution in [3.63, 3.8) is 0 Å². The van der Waals surface area contributed by atoms with Gasteiger partial charge in [-0.15, -0.1) is 0 Å². The normalized spacial score (nSPS) is 25.9. The van der Waals surface area contributed by atoms with E-state index in [9.17, 15) is 0 Å². The first-order valence-corrected chi connectivity index (χ1v) is 8.13. The van der Waals surface area contributed by atoms with Crippen LogP contribution in [-0.2, 0) is 4.74 Å². The molecule has 1 N–H and O–H groups in total. The van der Waals surface area contributed by atoms with Crippen molar-refractivity contribution in [3.8, 4) is 0 Å². The highest BCUT2D eigenvalue weighted by molar-refractivity contribution is 5.89. The van der Waals surface area contributed by atoms with E-state index < -0.39 is 0 Å². The Labute approximate surface area is 130 Å². The average molecular weight is 298 g/mol. The molecule has 22 heavy (non-hydrogen) atoms. The van der Waals surface area contributed by atoms with Crippen LogP contribution in [0.3, 0.4) is 0 Å². The number of para-hydroxylation sites is 1. The molecule has 0 spiro atoms. The molecule has 2 aromatic rings. The number of aromatic nitrogens is 2. The van der Waals surface area contributed by atoms with Crippen molar-refractivity contribution >= 4 is 16.7 Å². The van der Waals surface area contributed by atoms with Crippen LogP contribution in [0.25, 0.3) is 10.9 Å². The van der Waals surface area contributed by atoms with Crippen LogP contribution < -0.4 is 5.32 Å². The van der Waals surface area contributed by atoms with Crippen molar-refractivity contribution < 1.29 is 4.74 Å². The molecule has 0 saturated carbocycles. The van der Waals surface area contributed by atoms with Crippen molar-refractivity contribution in [2.75, 3.05) is 31.6 Å². The number of ether oxygens (including phenoxy) is 1. The molecule has 0 bridgehead atoms. The number of nitrogens with one attached hydrogen (secondary N) is 1. The minimum Gasteiger partial charge on any atom is -0.378 e. The predicted octanol–water partition coefficient (Wildman–Crippen LogP) is 2.21. The topological polar surface area (TPSA) is 50.3 Å². The fourth-order valence-corrected chi connectivity index (χ4v) is 3.59. The number of anilines is 1. The van der Waals surface area contributed by atoms with E-state index >= 15 is 0 Å². The Morgan fingerprint density at radius 2 is 1.95 bits per heavy atom. The number of nitrogens with zero attached hydrogens (tertiary/aromatic N) is 3. The van der Waals surface area contributed by atoms with E-state index in [0.29, 0.717) is 12.1 Å². The van der Waals surface area contributed by atoms with Gasteiger partial charge < -0.3 is 10.1 Å². The molecule has 2 aliphatic heterocycles. The Morgan fingerprint density at radius 1 is 1.14 bits per heavy atom. The Kier molecular flexibility index (Phi) is 3.68. The Balaban J connectivity index is 1.62. The number of hydrogen-bond acceptors (Lipinski definition) is 5. The van der Waals surface area contributed by atoms with Gasteiger partial charge in [-0.3, -0.25) is 4.90 Å². The van der Waals surface area contributed by atoms with Crippen molar-refractivity contribution in [1.82, 2.24) is 14.9 Å². The number of hydrogen-bond donors (Lipinski definition) is 1. The molecule has 116 valence electrons. The average Bonchev–Trinajstić information content (AvgIpc) is 3.17. The van der Waals surface area contributed by atoms with E-state index in [1.807, 2.05) is 25.1 Å². The maximum Gasteiger partial charge on any atom is 0.137 e. The largest absolute Gasteiger partial charge is 0.378 e. The summed E-state index contributed by atoms with van der Waals surface area (Å²) in [5.74, 6) is 1.74. The van der Waals surface area contributed by atoms with Gasteiger partial charge in [-0.1, -0.05) is 12.1 Å². The minimum absolute atomic E-state index is 0.302. The minimum atomic E-state index is 0.302. The van der Waals surface area contributed by atoms with Crippen molar-refractivity contribution in [3.05, 3.63) is 30.1 Å². The van der Waals surface area contributed by atoms with Gasteiger partial charge in [0.25, 0.3) is 0 Å². The fraction of sp³-hybridized carbons (Fsp3) is 0.529. The smallest absolute Gasteiger partial charge is 0.137 e. The number of likely N-dealkylation sites (tertiary alicyclic amines) is 1. The highest BCUT2D eigenvalue weighted by Gasteiger charge is 2.34. The number of fused-ring (bicyclic) bond motifs is 1. The fourth-order valence-electron chi connectivity index (χ4n) is 3.59. The van der Waals surface area contributed by atoms with E-state index in [1.54, 1.807) is 0 Å². The number of aryl methyl sites for hydroxylation is 1. The van der Waals surface area contributed by atoms with Crippen LogP contribution in [0.5, 0.6) is 0 Å². The second kappa shape index (κ2) is 5.82. The lowest BCUT2D eigenvalue weighted by molar-refractivity contribution is 0.159. The molecule has 1 aromatic carbocycles. The molecule has 2 fully saturated rings. The van der Waals surface area contributed by atoms with Crippen LogP contribution in [0.1, 0.15) is 18.7 Å². The van der Waals surface area contributed by atoms with Gasteiger partial charge in [0.05, 0.1) is 30.8 Å². The third-order valence-corrected chi connectivity index (χ3v) is 4.70. The molecule has 0 amide bonds. The third kappa shape index (κ3) is 2.55. The summed E-state index contributed by atoms with van der Waals surface area (Å²) in [6.07, 6.45) is 2.61. The molecule has 0 radical (unpaired) electrons. The SMILES string of the molecule is Cc1nc(NC2COCC2N2CCCC2)c2ccccc2n1. The summed E-state index contributed by atoms with van der Waals surface area (Å²) in [4.78, 5) is 11.7.